The van der Waals surface area contributed by atoms with Crippen LogP contribution in [0.4, 0.5) is 0 Å². The first-order valence-electron chi connectivity index (χ1n) is 10.9. The smallest absolute Gasteiger partial charge is 0.251 e. The molecule has 0 atom stereocenters. The average molecular weight is 446 g/mol. The minimum absolute atomic E-state index is 0.107. The summed E-state index contributed by atoms with van der Waals surface area (Å²) < 4.78 is 2.29. The summed E-state index contributed by atoms with van der Waals surface area (Å²) >= 11 is 6.42. The van der Waals surface area contributed by atoms with Crippen molar-refractivity contribution in [2.24, 2.45) is 0 Å². The molecule has 162 valence electrons. The number of aromatic hydroxyl groups is 1. The van der Waals surface area contributed by atoms with Gasteiger partial charge in [-0.15, -0.1) is 0 Å². The van der Waals surface area contributed by atoms with Crippen LogP contribution in [-0.2, 0) is 25.9 Å². The number of amides is 1. The van der Waals surface area contributed by atoms with E-state index < -0.39 is 0 Å². The Bertz CT molecular complexity index is 1300. The Morgan fingerprint density at radius 2 is 2.00 bits per heavy atom. The quantitative estimate of drug-likeness (QED) is 0.440. The van der Waals surface area contributed by atoms with Crippen LogP contribution in [-0.4, -0.2) is 20.6 Å². The zero-order valence-electron chi connectivity index (χ0n) is 17.6. The molecule has 4 aromatic rings. The van der Waals surface area contributed by atoms with Gasteiger partial charge in [0.25, 0.3) is 5.91 Å². The van der Waals surface area contributed by atoms with E-state index in [9.17, 15) is 9.90 Å². The molecule has 5 nitrogen and oxygen atoms in total. The molecule has 1 amide bonds. The predicted octanol–water partition coefficient (Wildman–Crippen LogP) is 5.25. The minimum atomic E-state index is -0.107. The molecule has 2 heterocycles. The summed E-state index contributed by atoms with van der Waals surface area (Å²) in [5, 5.41) is 14.5. The number of carbonyl (C=O) groups excluding carboxylic acids is 1. The highest BCUT2D eigenvalue weighted by Crippen LogP contribution is 2.34. The van der Waals surface area contributed by atoms with Crippen molar-refractivity contribution >= 4 is 28.4 Å². The number of nitrogens with zero attached hydrogens (tertiary/aromatic N) is 2. The van der Waals surface area contributed by atoms with Gasteiger partial charge in [-0.25, -0.2) is 0 Å². The SMILES string of the molecule is O=C(NCc1cccnc1)c1ccc2c3c(n(Cc4ccc(O)cc4Cl)c2c1)CCCC3. The standard InChI is InChI=1S/C26H24ClN3O2/c27-23-13-20(31)9-7-19(23)16-30-24-6-2-1-5-21(24)22-10-8-18(12-25(22)30)26(32)29-15-17-4-3-11-28-14-17/h3-4,7-14,31H,1-2,5-6,15-16H2,(H,29,32). The van der Waals surface area contributed by atoms with Gasteiger partial charge in [0.2, 0.25) is 0 Å². The molecular weight excluding hydrogens is 422 g/mol. The molecule has 0 radical (unpaired) electrons. The van der Waals surface area contributed by atoms with Gasteiger partial charge in [-0.3, -0.25) is 9.78 Å². The van der Waals surface area contributed by atoms with Crippen molar-refractivity contribution in [3.8, 4) is 5.75 Å². The first-order valence-corrected chi connectivity index (χ1v) is 11.3. The third-order valence-electron chi connectivity index (χ3n) is 6.18. The van der Waals surface area contributed by atoms with E-state index in [0.717, 1.165) is 35.9 Å². The Morgan fingerprint density at radius 3 is 2.81 bits per heavy atom. The van der Waals surface area contributed by atoms with E-state index in [1.54, 1.807) is 24.5 Å². The highest BCUT2D eigenvalue weighted by molar-refractivity contribution is 6.31. The molecule has 2 aromatic heterocycles. The molecule has 2 aromatic carbocycles. The van der Waals surface area contributed by atoms with E-state index in [0.29, 0.717) is 23.7 Å². The van der Waals surface area contributed by atoms with Crippen LogP contribution < -0.4 is 5.32 Å². The van der Waals surface area contributed by atoms with Gasteiger partial charge in [-0.1, -0.05) is 29.8 Å². The van der Waals surface area contributed by atoms with Crippen LogP contribution in [0.5, 0.6) is 5.75 Å². The molecule has 1 aliphatic carbocycles. The van der Waals surface area contributed by atoms with Crippen LogP contribution in [0.2, 0.25) is 5.02 Å². The third kappa shape index (κ3) is 3.96. The van der Waals surface area contributed by atoms with Gasteiger partial charge >= 0.3 is 0 Å². The van der Waals surface area contributed by atoms with Gasteiger partial charge in [-0.05, 0) is 72.7 Å². The van der Waals surface area contributed by atoms with Gasteiger partial charge in [0.05, 0.1) is 0 Å². The normalized spacial score (nSPS) is 13.2. The minimum Gasteiger partial charge on any atom is -0.508 e. The van der Waals surface area contributed by atoms with Gasteiger partial charge in [0.15, 0.2) is 0 Å². The van der Waals surface area contributed by atoms with Gasteiger partial charge in [-0.2, -0.15) is 0 Å². The second kappa shape index (κ2) is 8.67. The van der Waals surface area contributed by atoms with Crippen molar-refractivity contribution in [2.75, 3.05) is 0 Å². The molecule has 0 saturated carbocycles. The molecule has 0 fully saturated rings. The molecular formula is C26H24ClN3O2. The number of carbonyl (C=O) groups is 1. The molecule has 0 saturated heterocycles. The fourth-order valence-corrected chi connectivity index (χ4v) is 4.81. The first kappa shape index (κ1) is 20.6. The van der Waals surface area contributed by atoms with Gasteiger partial charge in [0.1, 0.15) is 5.75 Å². The molecule has 6 heteroatoms. The number of halogens is 1. The fourth-order valence-electron chi connectivity index (χ4n) is 4.58. The van der Waals surface area contributed by atoms with Crippen LogP contribution in [0.25, 0.3) is 10.9 Å². The molecule has 0 unspecified atom stereocenters. The second-order valence-corrected chi connectivity index (χ2v) is 8.68. The Hall–Kier alpha value is -3.31. The summed E-state index contributed by atoms with van der Waals surface area (Å²) in [6.45, 7) is 1.04. The van der Waals surface area contributed by atoms with Crippen molar-refractivity contribution in [3.63, 3.8) is 0 Å². The lowest BCUT2D eigenvalue weighted by Gasteiger charge is -2.17. The number of pyridine rings is 1. The van der Waals surface area contributed by atoms with Crippen molar-refractivity contribution in [3.05, 3.63) is 93.9 Å². The number of benzene rings is 2. The number of phenols is 1. The van der Waals surface area contributed by atoms with Gasteiger partial charge in [0, 0.05) is 52.7 Å². The fraction of sp³-hybridized carbons (Fsp3) is 0.231. The van der Waals surface area contributed by atoms with Crippen molar-refractivity contribution in [2.45, 2.75) is 38.8 Å². The lowest BCUT2D eigenvalue weighted by molar-refractivity contribution is 0.0951. The number of nitrogens with one attached hydrogen (secondary N) is 1. The summed E-state index contributed by atoms with van der Waals surface area (Å²) in [5.41, 5.74) is 6.29. The van der Waals surface area contributed by atoms with Crippen LogP contribution in [0, 0.1) is 0 Å². The van der Waals surface area contributed by atoms with E-state index in [2.05, 4.69) is 20.9 Å². The average Bonchev–Trinajstić information content (AvgIpc) is 3.13. The largest absolute Gasteiger partial charge is 0.508 e. The van der Waals surface area contributed by atoms with Gasteiger partial charge < -0.3 is 15.0 Å². The number of aromatic nitrogens is 2. The zero-order chi connectivity index (χ0) is 22.1. The number of phenolic OH excluding ortho intramolecular Hbond substituents is 1. The van der Waals surface area contributed by atoms with Crippen molar-refractivity contribution in [1.29, 1.82) is 0 Å². The second-order valence-electron chi connectivity index (χ2n) is 8.27. The Labute approximate surface area is 191 Å². The van der Waals surface area contributed by atoms with Crippen molar-refractivity contribution in [1.82, 2.24) is 14.9 Å². The molecule has 32 heavy (non-hydrogen) atoms. The summed E-state index contributed by atoms with van der Waals surface area (Å²) in [6, 6.07) is 14.9. The van der Waals surface area contributed by atoms with E-state index in [1.165, 1.54) is 23.1 Å². The first-order chi connectivity index (χ1) is 15.6. The maximum atomic E-state index is 12.9. The number of hydrogen-bond donors (Lipinski definition) is 2. The van der Waals surface area contributed by atoms with E-state index >= 15 is 0 Å². The maximum absolute atomic E-state index is 12.9. The lowest BCUT2D eigenvalue weighted by Crippen LogP contribution is -2.22. The van der Waals surface area contributed by atoms with E-state index in [4.69, 9.17) is 11.6 Å². The number of fused-ring (bicyclic) bond motifs is 3. The van der Waals surface area contributed by atoms with Crippen LogP contribution in [0.3, 0.4) is 0 Å². The van der Waals surface area contributed by atoms with Crippen LogP contribution >= 0.6 is 11.6 Å². The topological polar surface area (TPSA) is 67.2 Å². The number of hydrogen-bond acceptors (Lipinski definition) is 3. The Balaban J connectivity index is 1.51. The Morgan fingerprint density at radius 1 is 1.12 bits per heavy atom. The Kier molecular flexibility index (Phi) is 5.58. The third-order valence-corrected chi connectivity index (χ3v) is 6.53. The lowest BCUT2D eigenvalue weighted by atomic mass is 9.95. The van der Waals surface area contributed by atoms with Crippen LogP contribution in [0.15, 0.2) is 60.9 Å². The summed E-state index contributed by atoms with van der Waals surface area (Å²) in [7, 11) is 0. The molecule has 5 rings (SSSR count). The van der Waals surface area contributed by atoms with Crippen molar-refractivity contribution < 1.29 is 9.90 Å². The summed E-state index contributed by atoms with van der Waals surface area (Å²) in [5.74, 6) is 0.0508. The molecule has 1 aliphatic rings. The summed E-state index contributed by atoms with van der Waals surface area (Å²) in [6.07, 6.45) is 7.88. The highest BCUT2D eigenvalue weighted by Gasteiger charge is 2.21. The molecule has 0 spiro atoms. The van der Waals surface area contributed by atoms with E-state index in [1.807, 2.05) is 30.3 Å². The number of aryl methyl sites for hydroxylation is 1. The predicted molar refractivity (Wildman–Crippen MR) is 126 cm³/mol. The number of rotatable bonds is 5. The monoisotopic (exact) mass is 445 g/mol. The highest BCUT2D eigenvalue weighted by atomic mass is 35.5. The zero-order valence-corrected chi connectivity index (χ0v) is 18.4. The van der Waals surface area contributed by atoms with E-state index in [-0.39, 0.29) is 11.7 Å². The van der Waals surface area contributed by atoms with Crippen LogP contribution in [0.1, 0.15) is 45.6 Å². The molecule has 0 aliphatic heterocycles. The molecule has 0 bridgehead atoms. The molecule has 2 N–H and O–H groups in total. The summed E-state index contributed by atoms with van der Waals surface area (Å²) in [4.78, 5) is 17.0. The maximum Gasteiger partial charge on any atom is 0.251 e.